The number of hydrogen-bond acceptors (Lipinski definition) is 4. The molecule has 0 atom stereocenters. The zero-order chi connectivity index (χ0) is 9.40. The molecule has 0 spiro atoms. The van der Waals surface area contributed by atoms with Crippen LogP contribution in [0.4, 0.5) is 0 Å². The predicted octanol–water partition coefficient (Wildman–Crippen LogP) is -0.173. The topological polar surface area (TPSA) is 90.2 Å². The largest absolute Gasteiger partial charge is 0.481 e. The molecule has 0 heterocycles. The highest BCUT2D eigenvalue weighted by atomic mass is 16.4. The highest BCUT2D eigenvalue weighted by Crippen LogP contribution is 1.95. The van der Waals surface area contributed by atoms with Crippen LogP contribution in [0.2, 0.25) is 0 Å². The van der Waals surface area contributed by atoms with E-state index in [1.54, 1.807) is 0 Å². The van der Waals surface area contributed by atoms with Gasteiger partial charge in [-0.3, -0.25) is 9.80 Å². The first-order valence-corrected chi connectivity index (χ1v) is 3.61. The van der Waals surface area contributed by atoms with E-state index < -0.39 is 5.97 Å². The van der Waals surface area contributed by atoms with Gasteiger partial charge in [0.15, 0.2) is 0 Å². The van der Waals surface area contributed by atoms with E-state index in [4.69, 9.17) is 10.2 Å². The molecule has 0 radical (unpaired) electrons. The fourth-order valence-electron chi connectivity index (χ4n) is 0.722. The van der Waals surface area contributed by atoms with Crippen molar-refractivity contribution in [1.82, 2.24) is 5.01 Å². The summed E-state index contributed by atoms with van der Waals surface area (Å²) < 4.78 is 0. The summed E-state index contributed by atoms with van der Waals surface area (Å²) in [7, 11) is 0. The van der Waals surface area contributed by atoms with Crippen LogP contribution in [0.5, 0.6) is 0 Å². The number of nitroso groups, excluding NO2 is 1. The lowest BCUT2D eigenvalue weighted by molar-refractivity contribution is -0.137. The highest BCUT2D eigenvalue weighted by Gasteiger charge is 2.03. The summed E-state index contributed by atoms with van der Waals surface area (Å²) in [5.41, 5.74) is 0. The lowest BCUT2D eigenvalue weighted by Crippen LogP contribution is -2.22. The summed E-state index contributed by atoms with van der Waals surface area (Å²) in [5, 5.41) is 20.4. The first-order valence-electron chi connectivity index (χ1n) is 3.61. The zero-order valence-electron chi connectivity index (χ0n) is 6.64. The maximum atomic E-state index is 10.1. The van der Waals surface area contributed by atoms with Gasteiger partial charge < -0.3 is 10.2 Å². The Balaban J connectivity index is 3.44. The molecule has 6 nitrogen and oxygen atoms in total. The Morgan fingerprint density at radius 2 is 2.08 bits per heavy atom. The molecule has 2 N–H and O–H groups in total. The fraction of sp³-hybridized carbons (Fsp3) is 0.833. The van der Waals surface area contributed by atoms with Gasteiger partial charge in [0.1, 0.15) is 0 Å². The molecule has 0 amide bonds. The van der Waals surface area contributed by atoms with Gasteiger partial charge in [-0.2, -0.15) is 0 Å². The Morgan fingerprint density at radius 3 is 2.50 bits per heavy atom. The van der Waals surface area contributed by atoms with Crippen LogP contribution in [-0.4, -0.2) is 40.9 Å². The molecule has 0 fully saturated rings. The summed E-state index contributed by atoms with van der Waals surface area (Å²) in [6, 6.07) is 0. The van der Waals surface area contributed by atoms with Crippen molar-refractivity contribution in [2.24, 2.45) is 5.29 Å². The Morgan fingerprint density at radius 1 is 1.42 bits per heavy atom. The number of aliphatic hydroxyl groups excluding tert-OH is 1. The van der Waals surface area contributed by atoms with E-state index in [-0.39, 0.29) is 26.1 Å². The van der Waals surface area contributed by atoms with Crippen molar-refractivity contribution < 1.29 is 15.0 Å². The minimum atomic E-state index is -0.898. The molecule has 70 valence electrons. The number of nitrogens with zero attached hydrogens (tertiary/aromatic N) is 2. The van der Waals surface area contributed by atoms with Crippen LogP contribution < -0.4 is 0 Å². The lowest BCUT2D eigenvalue weighted by Gasteiger charge is -2.11. The molecule has 0 rings (SSSR count). The Labute approximate surface area is 69.7 Å². The molecule has 0 unspecified atom stereocenters. The number of carboxylic acid groups (broad SMARTS) is 1. The van der Waals surface area contributed by atoms with Crippen LogP contribution in [-0.2, 0) is 4.79 Å². The van der Waals surface area contributed by atoms with Crippen LogP contribution in [0.15, 0.2) is 5.29 Å². The van der Waals surface area contributed by atoms with E-state index in [1.165, 1.54) is 0 Å². The molecule has 0 aromatic carbocycles. The molecule has 12 heavy (non-hydrogen) atoms. The molecule has 6 heteroatoms. The quantitative estimate of drug-likeness (QED) is 0.415. The van der Waals surface area contributed by atoms with Crippen molar-refractivity contribution in [2.75, 3.05) is 19.7 Å². The smallest absolute Gasteiger partial charge is 0.303 e. The second kappa shape index (κ2) is 6.53. The Bertz CT molecular complexity index is 150. The van der Waals surface area contributed by atoms with Crippen LogP contribution in [0.3, 0.4) is 0 Å². The van der Waals surface area contributed by atoms with Crippen molar-refractivity contribution >= 4 is 5.97 Å². The van der Waals surface area contributed by atoms with E-state index in [1.807, 2.05) is 0 Å². The van der Waals surface area contributed by atoms with Crippen molar-refractivity contribution in [1.29, 1.82) is 0 Å². The zero-order valence-corrected chi connectivity index (χ0v) is 6.64. The van der Waals surface area contributed by atoms with Gasteiger partial charge in [0.25, 0.3) is 0 Å². The number of aliphatic hydroxyl groups is 1. The van der Waals surface area contributed by atoms with Crippen molar-refractivity contribution in [3.63, 3.8) is 0 Å². The van der Waals surface area contributed by atoms with Crippen molar-refractivity contribution in [2.45, 2.75) is 12.8 Å². The number of hydrogen-bond donors (Lipinski definition) is 2. The molecular formula is C6H12N2O4. The van der Waals surface area contributed by atoms with Gasteiger partial charge in [-0.1, -0.05) is 0 Å². The van der Waals surface area contributed by atoms with Gasteiger partial charge in [-0.15, -0.1) is 4.91 Å². The van der Waals surface area contributed by atoms with Crippen LogP contribution >= 0.6 is 0 Å². The maximum Gasteiger partial charge on any atom is 0.303 e. The number of aliphatic carboxylic acids is 1. The van der Waals surface area contributed by atoms with Gasteiger partial charge >= 0.3 is 5.97 Å². The first-order chi connectivity index (χ1) is 5.70. The second-order valence-corrected chi connectivity index (χ2v) is 2.26. The molecule has 0 bridgehead atoms. The van der Waals surface area contributed by atoms with Crippen LogP contribution in [0, 0.1) is 4.91 Å². The summed E-state index contributed by atoms with van der Waals surface area (Å²) in [5.74, 6) is -0.898. The first kappa shape index (κ1) is 10.8. The molecule has 0 aliphatic heterocycles. The van der Waals surface area contributed by atoms with Gasteiger partial charge in [0.05, 0.1) is 18.4 Å². The van der Waals surface area contributed by atoms with Gasteiger partial charge in [-0.25, -0.2) is 0 Å². The third-order valence-electron chi connectivity index (χ3n) is 1.28. The van der Waals surface area contributed by atoms with E-state index in [0.717, 1.165) is 5.01 Å². The summed E-state index contributed by atoms with van der Waals surface area (Å²) in [6.45, 7) is 0.276. The molecular weight excluding hydrogens is 164 g/mol. The van der Waals surface area contributed by atoms with E-state index in [0.29, 0.717) is 6.42 Å². The van der Waals surface area contributed by atoms with Crippen LogP contribution in [0.25, 0.3) is 0 Å². The number of carboxylic acids is 1. The predicted molar refractivity (Wildman–Crippen MR) is 41.3 cm³/mol. The minimum Gasteiger partial charge on any atom is -0.481 e. The second-order valence-electron chi connectivity index (χ2n) is 2.26. The minimum absolute atomic E-state index is 0.0114. The molecule has 0 saturated heterocycles. The average Bonchev–Trinajstić information content (AvgIpc) is 2.02. The highest BCUT2D eigenvalue weighted by molar-refractivity contribution is 5.66. The fourth-order valence-corrected chi connectivity index (χ4v) is 0.722. The lowest BCUT2D eigenvalue weighted by atomic mass is 10.3. The Kier molecular flexibility index (Phi) is 5.90. The molecule has 0 aromatic rings. The molecule has 0 saturated carbocycles. The standard InChI is InChI=1S/C6H12N2O4/c9-5-4-8(7-12)3-1-2-6(10)11/h9H,1-5H2,(H,10,11). The monoisotopic (exact) mass is 176 g/mol. The molecule has 0 aliphatic carbocycles. The van der Waals surface area contributed by atoms with Crippen LogP contribution in [0.1, 0.15) is 12.8 Å². The van der Waals surface area contributed by atoms with Gasteiger partial charge in [0.2, 0.25) is 0 Å². The van der Waals surface area contributed by atoms with Gasteiger partial charge in [0, 0.05) is 13.0 Å². The maximum absolute atomic E-state index is 10.1. The van der Waals surface area contributed by atoms with Crippen molar-refractivity contribution in [3.05, 3.63) is 4.91 Å². The SMILES string of the molecule is O=NN(CCO)CCCC(=O)O. The molecule has 0 aliphatic rings. The summed E-state index contributed by atoms with van der Waals surface area (Å²) in [6.07, 6.45) is 0.374. The van der Waals surface area contributed by atoms with E-state index in [2.05, 4.69) is 5.29 Å². The Hall–Kier alpha value is -1.17. The third kappa shape index (κ3) is 5.60. The van der Waals surface area contributed by atoms with Crippen molar-refractivity contribution in [3.8, 4) is 0 Å². The van der Waals surface area contributed by atoms with E-state index >= 15 is 0 Å². The summed E-state index contributed by atoms with van der Waals surface area (Å²) in [4.78, 5) is 20.0. The van der Waals surface area contributed by atoms with E-state index in [9.17, 15) is 9.70 Å². The molecule has 0 aromatic heterocycles. The van der Waals surface area contributed by atoms with Gasteiger partial charge in [-0.05, 0) is 6.42 Å². The summed E-state index contributed by atoms with van der Waals surface area (Å²) >= 11 is 0. The normalized spacial score (nSPS) is 9.42. The average molecular weight is 176 g/mol. The number of carbonyl (C=O) groups is 1. The number of rotatable bonds is 7. The third-order valence-corrected chi connectivity index (χ3v) is 1.28.